The summed E-state index contributed by atoms with van der Waals surface area (Å²) in [6.45, 7) is 2.71. The molecule has 0 saturated carbocycles. The van der Waals surface area contributed by atoms with Gasteiger partial charge in [0, 0.05) is 37.4 Å². The number of amides is 1. The highest BCUT2D eigenvalue weighted by molar-refractivity contribution is 6.30. The molecule has 2 atom stereocenters. The van der Waals surface area contributed by atoms with Crippen molar-refractivity contribution in [1.82, 2.24) is 4.90 Å². The third-order valence-electron chi connectivity index (χ3n) is 4.92. The Bertz CT molecular complexity index is 768. The maximum atomic E-state index is 12.5. The van der Waals surface area contributed by atoms with E-state index in [1.54, 1.807) is 17.0 Å². The van der Waals surface area contributed by atoms with Gasteiger partial charge in [-0.25, -0.2) is 0 Å². The lowest BCUT2D eigenvalue weighted by atomic mass is 9.84. The van der Waals surface area contributed by atoms with Gasteiger partial charge in [0.1, 0.15) is 5.78 Å². The summed E-state index contributed by atoms with van der Waals surface area (Å²) in [5, 5.41) is 0.656. The van der Waals surface area contributed by atoms with Crippen LogP contribution in [-0.2, 0) is 16.0 Å². The zero-order valence-electron chi connectivity index (χ0n) is 14.5. The van der Waals surface area contributed by atoms with Gasteiger partial charge in [-0.3, -0.25) is 9.59 Å². The van der Waals surface area contributed by atoms with Crippen LogP contribution in [0.25, 0.3) is 0 Å². The molecule has 1 aliphatic heterocycles. The van der Waals surface area contributed by atoms with E-state index in [2.05, 4.69) is 24.3 Å². The van der Waals surface area contributed by atoms with E-state index in [1.165, 1.54) is 5.56 Å². The Labute approximate surface area is 161 Å². The molecule has 0 radical (unpaired) electrons. The van der Waals surface area contributed by atoms with Crippen LogP contribution >= 0.6 is 11.6 Å². The average Bonchev–Trinajstić information content (AvgIpc) is 2.86. The smallest absolute Gasteiger partial charge is 0.226 e. The molecule has 3 rings (SSSR count). The van der Waals surface area contributed by atoms with Crippen LogP contribution in [0.5, 0.6) is 0 Å². The second-order valence-corrected chi connectivity index (χ2v) is 7.32. The molecule has 3 nitrogen and oxygen atoms in total. The minimum Gasteiger partial charge on any atom is -0.345 e. The van der Waals surface area contributed by atoms with Crippen molar-refractivity contribution in [2.45, 2.75) is 33.1 Å². The Morgan fingerprint density at radius 2 is 1.73 bits per heavy atom. The molecule has 1 unspecified atom stereocenters. The molecule has 26 heavy (non-hydrogen) atoms. The Morgan fingerprint density at radius 3 is 2.35 bits per heavy atom. The first kappa shape index (κ1) is 20.2. The van der Waals surface area contributed by atoms with Gasteiger partial charge in [0.25, 0.3) is 0 Å². The standard InChI is InChI=1S/C21H22ClNO2.CH4/c1-14-3-7-16(8-4-14)20-13-23(2)21(25)19(20)12-18(24)11-15-5-9-17(22)10-6-15;/h3-10,19-20H,11-13H2,1-2H3;1H4/t19?,20-;/m0./s1. The van der Waals surface area contributed by atoms with E-state index < -0.39 is 0 Å². The first-order valence-electron chi connectivity index (χ1n) is 8.51. The van der Waals surface area contributed by atoms with Crippen molar-refractivity contribution in [3.63, 3.8) is 0 Å². The van der Waals surface area contributed by atoms with Crippen LogP contribution in [-0.4, -0.2) is 30.2 Å². The fourth-order valence-corrected chi connectivity index (χ4v) is 3.62. The number of likely N-dealkylation sites (N-methyl/N-ethyl adjacent to an activating group) is 1. The van der Waals surface area contributed by atoms with E-state index in [0.717, 1.165) is 11.1 Å². The van der Waals surface area contributed by atoms with E-state index in [1.807, 2.05) is 26.1 Å². The van der Waals surface area contributed by atoms with E-state index in [-0.39, 0.29) is 37.4 Å². The molecule has 0 aromatic heterocycles. The summed E-state index contributed by atoms with van der Waals surface area (Å²) in [5.74, 6) is -0.0390. The largest absolute Gasteiger partial charge is 0.345 e. The summed E-state index contributed by atoms with van der Waals surface area (Å²) in [4.78, 5) is 26.8. The number of Topliss-reactive ketones (excluding diaryl/α,β-unsaturated/α-hetero) is 1. The molecule has 1 saturated heterocycles. The SMILES string of the molecule is C.Cc1ccc([C@@H]2CN(C)C(=O)C2CC(=O)Cc2ccc(Cl)cc2)cc1. The maximum Gasteiger partial charge on any atom is 0.226 e. The second kappa shape index (κ2) is 8.50. The third kappa shape index (κ3) is 4.53. The lowest BCUT2D eigenvalue weighted by molar-refractivity contribution is -0.132. The highest BCUT2D eigenvalue weighted by atomic mass is 35.5. The van der Waals surface area contributed by atoms with Gasteiger partial charge in [-0.05, 0) is 30.2 Å². The predicted octanol–water partition coefficient (Wildman–Crippen LogP) is 4.66. The Kier molecular flexibility index (Phi) is 6.60. The zero-order chi connectivity index (χ0) is 18.0. The van der Waals surface area contributed by atoms with Crippen LogP contribution in [0.1, 0.15) is 36.5 Å². The quantitative estimate of drug-likeness (QED) is 0.766. The van der Waals surface area contributed by atoms with Crippen LogP contribution < -0.4 is 0 Å². The first-order chi connectivity index (χ1) is 11.9. The topological polar surface area (TPSA) is 37.4 Å². The fourth-order valence-electron chi connectivity index (χ4n) is 3.50. The molecule has 4 heteroatoms. The van der Waals surface area contributed by atoms with Crippen LogP contribution in [0.15, 0.2) is 48.5 Å². The monoisotopic (exact) mass is 371 g/mol. The van der Waals surface area contributed by atoms with E-state index in [9.17, 15) is 9.59 Å². The number of likely N-dealkylation sites (tertiary alicyclic amines) is 1. The normalized spacial score (nSPS) is 19.3. The Morgan fingerprint density at radius 1 is 1.12 bits per heavy atom. The molecule has 0 spiro atoms. The lowest BCUT2D eigenvalue weighted by Crippen LogP contribution is -2.24. The molecule has 2 aromatic rings. The van der Waals surface area contributed by atoms with E-state index in [4.69, 9.17) is 11.6 Å². The van der Waals surface area contributed by atoms with Crippen molar-refractivity contribution >= 4 is 23.3 Å². The molecule has 1 aliphatic rings. The van der Waals surface area contributed by atoms with Gasteiger partial charge in [0.2, 0.25) is 5.91 Å². The maximum absolute atomic E-state index is 12.5. The van der Waals surface area contributed by atoms with Crippen molar-refractivity contribution in [3.8, 4) is 0 Å². The zero-order valence-corrected chi connectivity index (χ0v) is 15.3. The number of nitrogens with zero attached hydrogens (tertiary/aromatic N) is 1. The number of aryl methyl sites for hydroxylation is 1. The lowest BCUT2D eigenvalue weighted by Gasteiger charge is -2.17. The summed E-state index contributed by atoms with van der Waals surface area (Å²) in [7, 11) is 1.81. The van der Waals surface area contributed by atoms with Gasteiger partial charge in [-0.15, -0.1) is 0 Å². The van der Waals surface area contributed by atoms with Crippen molar-refractivity contribution < 1.29 is 9.59 Å². The van der Waals surface area contributed by atoms with Gasteiger partial charge >= 0.3 is 0 Å². The Hall–Kier alpha value is -2.13. The summed E-state index contributed by atoms with van der Waals surface area (Å²) in [6.07, 6.45) is 0.621. The molecular weight excluding hydrogens is 346 g/mol. The number of rotatable bonds is 5. The number of ketones is 1. The van der Waals surface area contributed by atoms with Crippen LogP contribution in [0.4, 0.5) is 0 Å². The Balaban J connectivity index is 0.00000243. The average molecular weight is 372 g/mol. The summed E-state index contributed by atoms with van der Waals surface area (Å²) < 4.78 is 0. The third-order valence-corrected chi connectivity index (χ3v) is 5.17. The number of hydrogen-bond donors (Lipinski definition) is 0. The number of halogens is 1. The molecule has 138 valence electrons. The molecule has 1 amide bonds. The van der Waals surface area contributed by atoms with Crippen molar-refractivity contribution in [1.29, 1.82) is 0 Å². The highest BCUT2D eigenvalue weighted by Crippen LogP contribution is 2.35. The molecule has 0 aliphatic carbocycles. The minimum absolute atomic E-state index is 0. The van der Waals surface area contributed by atoms with Crippen LogP contribution in [0.2, 0.25) is 5.02 Å². The molecule has 2 aromatic carbocycles. The van der Waals surface area contributed by atoms with Crippen molar-refractivity contribution in [2.24, 2.45) is 5.92 Å². The summed E-state index contributed by atoms with van der Waals surface area (Å²) in [5.41, 5.74) is 3.25. The van der Waals surface area contributed by atoms with Crippen molar-refractivity contribution in [3.05, 3.63) is 70.2 Å². The van der Waals surface area contributed by atoms with E-state index >= 15 is 0 Å². The molecule has 0 N–H and O–H groups in total. The first-order valence-corrected chi connectivity index (χ1v) is 8.89. The highest BCUT2D eigenvalue weighted by Gasteiger charge is 2.40. The molecule has 1 heterocycles. The van der Waals surface area contributed by atoms with Crippen LogP contribution in [0.3, 0.4) is 0 Å². The summed E-state index contributed by atoms with van der Waals surface area (Å²) >= 11 is 5.88. The predicted molar refractivity (Wildman–Crippen MR) is 107 cm³/mol. The second-order valence-electron chi connectivity index (χ2n) is 6.89. The van der Waals surface area contributed by atoms with E-state index in [0.29, 0.717) is 18.0 Å². The fraction of sp³-hybridized carbons (Fsp3) is 0.364. The number of hydrogen-bond acceptors (Lipinski definition) is 2. The minimum atomic E-state index is -0.271. The molecular formula is C22H26ClNO2. The van der Waals surface area contributed by atoms with Gasteiger partial charge < -0.3 is 4.90 Å². The van der Waals surface area contributed by atoms with Gasteiger partial charge in [-0.2, -0.15) is 0 Å². The number of benzene rings is 2. The van der Waals surface area contributed by atoms with Crippen molar-refractivity contribution in [2.75, 3.05) is 13.6 Å². The molecule has 0 bridgehead atoms. The van der Waals surface area contributed by atoms with Gasteiger partial charge in [0.05, 0.1) is 5.92 Å². The van der Waals surface area contributed by atoms with Crippen LogP contribution in [0, 0.1) is 12.8 Å². The number of carbonyl (C=O) groups excluding carboxylic acids is 2. The van der Waals surface area contributed by atoms with Gasteiger partial charge in [-0.1, -0.05) is 61.0 Å². The summed E-state index contributed by atoms with van der Waals surface area (Å²) in [6, 6.07) is 15.6. The molecule has 1 fully saturated rings. The number of carbonyl (C=O) groups is 2. The van der Waals surface area contributed by atoms with Gasteiger partial charge in [0.15, 0.2) is 0 Å².